The van der Waals surface area contributed by atoms with Crippen LogP contribution in [0.2, 0.25) is 0 Å². The lowest BCUT2D eigenvalue weighted by molar-refractivity contribution is 0.668. The van der Waals surface area contributed by atoms with Crippen molar-refractivity contribution >= 4 is 98.4 Å². The monoisotopic (exact) mass is 792 g/mol. The molecule has 0 fully saturated rings. The summed E-state index contributed by atoms with van der Waals surface area (Å²) in [6.45, 7) is 0. The molecule has 5 heterocycles. The zero-order valence-corrected chi connectivity index (χ0v) is 33.1. The van der Waals surface area contributed by atoms with E-state index in [9.17, 15) is 0 Å². The van der Waals surface area contributed by atoms with E-state index >= 15 is 0 Å². The maximum Gasteiger partial charge on any atom is 0.237 e. The maximum absolute atomic E-state index is 6.20. The molecule has 0 aliphatic rings. The molecule has 0 N–H and O–H groups in total. The minimum Gasteiger partial charge on any atom is -0.456 e. The lowest BCUT2D eigenvalue weighted by Gasteiger charge is -2.14. The summed E-state index contributed by atoms with van der Waals surface area (Å²) in [7, 11) is 0. The molecular weight excluding hydrogens is 761 g/mol. The lowest BCUT2D eigenvalue weighted by Crippen LogP contribution is -2.07. The van der Waals surface area contributed by atoms with Gasteiger partial charge in [-0.15, -0.1) is 0 Å². The Labute approximate surface area is 353 Å². The predicted octanol–water partition coefficient (Wildman–Crippen LogP) is 15.0. The number of benzene rings is 9. The lowest BCUT2D eigenvalue weighted by atomic mass is 10.0. The van der Waals surface area contributed by atoms with Crippen molar-refractivity contribution in [3.63, 3.8) is 0 Å². The van der Waals surface area contributed by atoms with Crippen LogP contribution in [0.5, 0.6) is 0 Å². The van der Waals surface area contributed by atoms with Crippen LogP contribution in [0.1, 0.15) is 0 Å². The smallest absolute Gasteiger partial charge is 0.237 e. The van der Waals surface area contributed by atoms with Crippen molar-refractivity contribution in [3.05, 3.63) is 194 Å². The fourth-order valence-corrected chi connectivity index (χ4v) is 9.87. The highest BCUT2D eigenvalue weighted by molar-refractivity contribution is 6.13. The van der Waals surface area contributed by atoms with Gasteiger partial charge in [0.15, 0.2) is 5.82 Å². The SMILES string of the molecule is c1ccc2c(-n3c4ccccc4c4ccc(-c5ccc6oc7ccccc7c6c5)cc43)nc(-n3c4ccccc4c4ccc(-c5ccc6oc7ccccc7c6c5)cc43)nc2c1. The van der Waals surface area contributed by atoms with Gasteiger partial charge in [0, 0.05) is 48.5 Å². The zero-order chi connectivity index (χ0) is 40.5. The second-order valence-electron chi connectivity index (χ2n) is 16.2. The van der Waals surface area contributed by atoms with Crippen molar-refractivity contribution in [1.82, 2.24) is 19.1 Å². The van der Waals surface area contributed by atoms with Gasteiger partial charge >= 0.3 is 0 Å². The maximum atomic E-state index is 6.20. The van der Waals surface area contributed by atoms with E-state index in [-0.39, 0.29) is 0 Å². The highest BCUT2D eigenvalue weighted by Crippen LogP contribution is 2.40. The predicted molar refractivity (Wildman–Crippen MR) is 254 cm³/mol. The normalized spacial score (nSPS) is 12.2. The number of hydrogen-bond donors (Lipinski definition) is 0. The Balaban J connectivity index is 1.01. The van der Waals surface area contributed by atoms with Crippen LogP contribution in [-0.4, -0.2) is 19.1 Å². The fraction of sp³-hybridized carbons (Fsp3) is 0. The van der Waals surface area contributed by atoms with Crippen LogP contribution in [0.15, 0.2) is 203 Å². The molecule has 0 saturated heterocycles. The molecule has 0 aliphatic heterocycles. The van der Waals surface area contributed by atoms with E-state index in [0.717, 1.165) is 121 Å². The number of hydrogen-bond acceptors (Lipinski definition) is 4. The second-order valence-corrected chi connectivity index (χ2v) is 16.2. The molecule has 9 aromatic carbocycles. The first-order valence-corrected chi connectivity index (χ1v) is 20.9. The molecule has 0 saturated carbocycles. The molecule has 0 radical (unpaired) electrons. The highest BCUT2D eigenvalue weighted by Gasteiger charge is 2.21. The van der Waals surface area contributed by atoms with Crippen LogP contribution in [0.3, 0.4) is 0 Å². The quantitative estimate of drug-likeness (QED) is 0.178. The Morgan fingerprint density at radius 1 is 0.290 bits per heavy atom. The summed E-state index contributed by atoms with van der Waals surface area (Å²) >= 11 is 0. The van der Waals surface area contributed by atoms with Crippen LogP contribution < -0.4 is 0 Å². The molecule has 0 unspecified atom stereocenters. The van der Waals surface area contributed by atoms with E-state index in [1.165, 1.54) is 5.39 Å². The first kappa shape index (κ1) is 33.4. The molecule has 0 atom stereocenters. The van der Waals surface area contributed by atoms with Crippen molar-refractivity contribution in [1.29, 1.82) is 0 Å². The van der Waals surface area contributed by atoms with Crippen LogP contribution in [0.25, 0.3) is 132 Å². The van der Waals surface area contributed by atoms with Crippen molar-refractivity contribution in [2.45, 2.75) is 0 Å². The standard InChI is InChI=1S/C56H32N4O2/c1-6-16-46-43(15-1)55(59-47-17-7-2-11-37(47)39-25-21-35(31-49(39)59)33-23-27-53-44(29-33)41-13-4-9-19-51(41)61-53)58-56(57-46)60-48-18-8-3-12-38(48)40-26-22-36(32-50(40)60)34-24-28-54-45(30-34)42-14-5-10-20-52(42)62-54/h1-32H. The van der Waals surface area contributed by atoms with Crippen molar-refractivity contribution < 1.29 is 8.83 Å². The number of nitrogens with zero attached hydrogens (tertiary/aromatic N) is 4. The van der Waals surface area contributed by atoms with E-state index in [0.29, 0.717) is 5.95 Å². The Bertz CT molecular complexity index is 4180. The van der Waals surface area contributed by atoms with E-state index in [4.69, 9.17) is 18.8 Å². The first-order chi connectivity index (χ1) is 30.7. The average molecular weight is 793 g/mol. The van der Waals surface area contributed by atoms with Crippen molar-refractivity contribution in [2.75, 3.05) is 0 Å². The average Bonchev–Trinajstić information content (AvgIpc) is 4.08. The molecule has 62 heavy (non-hydrogen) atoms. The van der Waals surface area contributed by atoms with E-state index < -0.39 is 0 Å². The Morgan fingerprint density at radius 2 is 0.710 bits per heavy atom. The van der Waals surface area contributed by atoms with E-state index in [1.807, 2.05) is 24.3 Å². The van der Waals surface area contributed by atoms with Gasteiger partial charge in [0.1, 0.15) is 22.3 Å². The van der Waals surface area contributed by atoms with Gasteiger partial charge in [-0.2, -0.15) is 4.98 Å². The number of para-hydroxylation sites is 5. The Hall–Kier alpha value is -8.48. The summed E-state index contributed by atoms with van der Waals surface area (Å²) in [6, 6.07) is 68.5. The molecule has 288 valence electrons. The van der Waals surface area contributed by atoms with Crippen LogP contribution in [0, 0.1) is 0 Å². The molecule has 0 aliphatic carbocycles. The topological polar surface area (TPSA) is 61.9 Å². The first-order valence-electron chi connectivity index (χ1n) is 20.9. The van der Waals surface area contributed by atoms with Gasteiger partial charge in [-0.05, 0) is 95.1 Å². The van der Waals surface area contributed by atoms with E-state index in [2.05, 4.69) is 179 Å². The largest absolute Gasteiger partial charge is 0.456 e. The van der Waals surface area contributed by atoms with Gasteiger partial charge in [0.2, 0.25) is 5.95 Å². The molecule has 0 amide bonds. The summed E-state index contributed by atoms with van der Waals surface area (Å²) in [4.78, 5) is 11.0. The van der Waals surface area contributed by atoms with E-state index in [1.54, 1.807) is 0 Å². The molecule has 0 bridgehead atoms. The molecule has 14 aromatic rings. The van der Waals surface area contributed by atoms with Crippen LogP contribution in [-0.2, 0) is 0 Å². The van der Waals surface area contributed by atoms with Gasteiger partial charge in [0.05, 0.1) is 27.6 Å². The van der Waals surface area contributed by atoms with Gasteiger partial charge in [-0.25, -0.2) is 4.98 Å². The van der Waals surface area contributed by atoms with Crippen molar-refractivity contribution in [3.8, 4) is 34.0 Å². The summed E-state index contributed by atoms with van der Waals surface area (Å²) in [5, 5.41) is 10.0. The molecule has 5 aromatic heterocycles. The molecule has 0 spiro atoms. The number of fused-ring (bicyclic) bond motifs is 13. The number of rotatable bonds is 4. The summed E-state index contributed by atoms with van der Waals surface area (Å²) < 4.78 is 17.0. The van der Waals surface area contributed by atoms with Crippen molar-refractivity contribution in [2.24, 2.45) is 0 Å². The molecule has 14 rings (SSSR count). The van der Waals surface area contributed by atoms with Gasteiger partial charge in [-0.3, -0.25) is 9.13 Å². The van der Waals surface area contributed by atoms with Gasteiger partial charge < -0.3 is 8.83 Å². The highest BCUT2D eigenvalue weighted by atomic mass is 16.3. The fourth-order valence-electron chi connectivity index (χ4n) is 9.87. The molecular formula is C56H32N4O2. The Morgan fingerprint density at radius 3 is 1.31 bits per heavy atom. The van der Waals surface area contributed by atoms with Gasteiger partial charge in [-0.1, -0.05) is 121 Å². The minimum atomic E-state index is 0.609. The summed E-state index contributed by atoms with van der Waals surface area (Å²) in [6.07, 6.45) is 0. The zero-order valence-electron chi connectivity index (χ0n) is 33.1. The number of furan rings is 2. The third-order valence-corrected chi connectivity index (χ3v) is 12.8. The molecule has 6 nitrogen and oxygen atoms in total. The second kappa shape index (κ2) is 12.5. The summed E-state index contributed by atoms with van der Waals surface area (Å²) in [5.41, 5.74) is 13.1. The minimum absolute atomic E-state index is 0.609. The van der Waals surface area contributed by atoms with Crippen LogP contribution in [0.4, 0.5) is 0 Å². The third-order valence-electron chi connectivity index (χ3n) is 12.8. The number of aromatic nitrogens is 4. The third kappa shape index (κ3) is 4.74. The van der Waals surface area contributed by atoms with Gasteiger partial charge in [0.25, 0.3) is 0 Å². The molecule has 6 heteroatoms. The summed E-state index contributed by atoms with van der Waals surface area (Å²) in [5.74, 6) is 1.43. The Kier molecular flexibility index (Phi) is 6.74. The van der Waals surface area contributed by atoms with Crippen LogP contribution >= 0.6 is 0 Å².